The van der Waals surface area contributed by atoms with Crippen LogP contribution in [-0.2, 0) is 6.18 Å². The SMILES string of the molecule is Cc1cccc(Oc2cnn(-c3ccc(C(F)(F)F)cc3)c2)c1. The van der Waals surface area contributed by atoms with Gasteiger partial charge in [-0.05, 0) is 48.9 Å². The van der Waals surface area contributed by atoms with Crippen LogP contribution in [0.4, 0.5) is 13.2 Å². The number of ether oxygens (including phenoxy) is 1. The Morgan fingerprint density at radius 3 is 2.39 bits per heavy atom. The number of hydrogen-bond acceptors (Lipinski definition) is 2. The third kappa shape index (κ3) is 3.53. The second-order valence-electron chi connectivity index (χ2n) is 5.08. The predicted molar refractivity (Wildman–Crippen MR) is 79.8 cm³/mol. The highest BCUT2D eigenvalue weighted by Crippen LogP contribution is 2.30. The van der Waals surface area contributed by atoms with Crippen LogP contribution in [0.3, 0.4) is 0 Å². The van der Waals surface area contributed by atoms with E-state index in [-0.39, 0.29) is 0 Å². The Labute approximate surface area is 130 Å². The molecule has 0 aliphatic heterocycles. The van der Waals surface area contributed by atoms with Gasteiger partial charge in [-0.2, -0.15) is 18.3 Å². The number of aryl methyl sites for hydroxylation is 1. The van der Waals surface area contributed by atoms with E-state index >= 15 is 0 Å². The summed E-state index contributed by atoms with van der Waals surface area (Å²) in [4.78, 5) is 0. The summed E-state index contributed by atoms with van der Waals surface area (Å²) in [5, 5.41) is 4.11. The fourth-order valence-electron chi connectivity index (χ4n) is 2.12. The number of rotatable bonds is 3. The molecule has 0 atom stereocenters. The van der Waals surface area contributed by atoms with Gasteiger partial charge in [-0.3, -0.25) is 0 Å². The second kappa shape index (κ2) is 5.79. The Bertz CT molecular complexity index is 807. The van der Waals surface area contributed by atoms with Crippen molar-refractivity contribution in [2.24, 2.45) is 0 Å². The number of benzene rings is 2. The molecule has 6 heteroatoms. The Morgan fingerprint density at radius 2 is 1.74 bits per heavy atom. The smallest absolute Gasteiger partial charge is 0.416 e. The molecule has 0 amide bonds. The van der Waals surface area contributed by atoms with E-state index in [0.717, 1.165) is 17.7 Å². The van der Waals surface area contributed by atoms with Crippen LogP contribution in [0.2, 0.25) is 0 Å². The van der Waals surface area contributed by atoms with Gasteiger partial charge in [0.25, 0.3) is 0 Å². The van der Waals surface area contributed by atoms with E-state index in [2.05, 4.69) is 5.10 Å². The van der Waals surface area contributed by atoms with Gasteiger partial charge in [-0.15, -0.1) is 0 Å². The molecular weight excluding hydrogens is 305 g/mol. The van der Waals surface area contributed by atoms with Gasteiger partial charge in [0.2, 0.25) is 0 Å². The molecule has 23 heavy (non-hydrogen) atoms. The molecule has 0 fully saturated rings. The monoisotopic (exact) mass is 318 g/mol. The largest absolute Gasteiger partial charge is 0.454 e. The van der Waals surface area contributed by atoms with Crippen molar-refractivity contribution < 1.29 is 17.9 Å². The highest BCUT2D eigenvalue weighted by atomic mass is 19.4. The normalized spacial score (nSPS) is 11.5. The van der Waals surface area contributed by atoms with E-state index in [1.807, 2.05) is 31.2 Å². The van der Waals surface area contributed by atoms with E-state index in [4.69, 9.17) is 4.74 Å². The predicted octanol–water partition coefficient (Wildman–Crippen LogP) is 4.99. The molecule has 0 aliphatic carbocycles. The van der Waals surface area contributed by atoms with Crippen LogP contribution in [0, 0.1) is 6.92 Å². The van der Waals surface area contributed by atoms with Crippen molar-refractivity contribution in [3.05, 3.63) is 72.1 Å². The molecule has 2 aromatic carbocycles. The molecule has 0 aliphatic rings. The van der Waals surface area contributed by atoms with Crippen molar-refractivity contribution in [3.8, 4) is 17.2 Å². The molecule has 118 valence electrons. The number of alkyl halides is 3. The molecule has 3 rings (SSSR count). The topological polar surface area (TPSA) is 27.1 Å². The molecule has 0 spiro atoms. The van der Waals surface area contributed by atoms with Crippen LogP contribution in [0.5, 0.6) is 11.5 Å². The summed E-state index contributed by atoms with van der Waals surface area (Å²) in [6.45, 7) is 1.96. The van der Waals surface area contributed by atoms with Gasteiger partial charge in [0.15, 0.2) is 5.75 Å². The van der Waals surface area contributed by atoms with Crippen LogP contribution in [-0.4, -0.2) is 9.78 Å². The number of aromatic nitrogens is 2. The van der Waals surface area contributed by atoms with Gasteiger partial charge in [-0.1, -0.05) is 12.1 Å². The first-order chi connectivity index (χ1) is 10.9. The Hall–Kier alpha value is -2.76. The number of hydrogen-bond donors (Lipinski definition) is 0. The first-order valence-corrected chi connectivity index (χ1v) is 6.89. The van der Waals surface area contributed by atoms with E-state index in [1.165, 1.54) is 23.0 Å². The summed E-state index contributed by atoms with van der Waals surface area (Å²) in [7, 11) is 0. The van der Waals surface area contributed by atoms with Crippen LogP contribution < -0.4 is 4.74 Å². The highest BCUT2D eigenvalue weighted by molar-refractivity contribution is 5.37. The molecule has 3 nitrogen and oxygen atoms in total. The maximum atomic E-state index is 12.6. The average molecular weight is 318 g/mol. The molecule has 3 aromatic rings. The summed E-state index contributed by atoms with van der Waals surface area (Å²) in [5.41, 5.74) is 0.902. The van der Waals surface area contributed by atoms with Gasteiger partial charge in [0.1, 0.15) is 5.75 Å². The molecule has 0 radical (unpaired) electrons. The van der Waals surface area contributed by atoms with Crippen LogP contribution in [0.1, 0.15) is 11.1 Å². The minimum atomic E-state index is -4.35. The Kier molecular flexibility index (Phi) is 3.82. The van der Waals surface area contributed by atoms with E-state index < -0.39 is 11.7 Å². The third-order valence-electron chi connectivity index (χ3n) is 3.24. The molecule has 0 unspecified atom stereocenters. The van der Waals surface area contributed by atoms with Gasteiger partial charge < -0.3 is 4.74 Å². The maximum Gasteiger partial charge on any atom is 0.416 e. The lowest BCUT2D eigenvalue weighted by molar-refractivity contribution is -0.137. The lowest BCUT2D eigenvalue weighted by atomic mass is 10.2. The van der Waals surface area contributed by atoms with Crippen molar-refractivity contribution in [1.29, 1.82) is 0 Å². The number of halogens is 3. The average Bonchev–Trinajstić information content (AvgIpc) is 2.95. The van der Waals surface area contributed by atoms with Gasteiger partial charge in [0, 0.05) is 0 Å². The minimum absolute atomic E-state index is 0.510. The van der Waals surface area contributed by atoms with Gasteiger partial charge in [-0.25, -0.2) is 4.68 Å². The summed E-state index contributed by atoms with van der Waals surface area (Å²) in [6, 6.07) is 12.3. The summed E-state index contributed by atoms with van der Waals surface area (Å²) >= 11 is 0. The summed E-state index contributed by atoms with van der Waals surface area (Å²) in [6.07, 6.45) is -1.22. The summed E-state index contributed by atoms with van der Waals surface area (Å²) in [5.74, 6) is 1.19. The fourth-order valence-corrected chi connectivity index (χ4v) is 2.12. The first kappa shape index (κ1) is 15.1. The number of nitrogens with zero attached hydrogens (tertiary/aromatic N) is 2. The fraction of sp³-hybridized carbons (Fsp3) is 0.118. The van der Waals surface area contributed by atoms with Crippen molar-refractivity contribution in [3.63, 3.8) is 0 Å². The Morgan fingerprint density at radius 1 is 1.00 bits per heavy atom. The van der Waals surface area contributed by atoms with Crippen LogP contribution >= 0.6 is 0 Å². The zero-order chi connectivity index (χ0) is 16.4. The van der Waals surface area contributed by atoms with Crippen molar-refractivity contribution >= 4 is 0 Å². The van der Waals surface area contributed by atoms with E-state index in [9.17, 15) is 13.2 Å². The minimum Gasteiger partial charge on any atom is -0.454 e. The molecule has 0 saturated carbocycles. The zero-order valence-corrected chi connectivity index (χ0v) is 12.2. The van der Waals surface area contributed by atoms with Gasteiger partial charge >= 0.3 is 6.18 Å². The maximum absolute atomic E-state index is 12.6. The van der Waals surface area contributed by atoms with Crippen molar-refractivity contribution in [1.82, 2.24) is 9.78 Å². The zero-order valence-electron chi connectivity index (χ0n) is 12.2. The van der Waals surface area contributed by atoms with Crippen LogP contribution in [0.15, 0.2) is 60.9 Å². The molecule has 0 N–H and O–H groups in total. The lowest BCUT2D eigenvalue weighted by Crippen LogP contribution is -2.05. The molecule has 1 heterocycles. The summed E-state index contributed by atoms with van der Waals surface area (Å²) < 4.78 is 44.8. The Balaban J connectivity index is 1.79. The first-order valence-electron chi connectivity index (χ1n) is 6.89. The highest BCUT2D eigenvalue weighted by Gasteiger charge is 2.30. The molecule has 0 bridgehead atoms. The second-order valence-corrected chi connectivity index (χ2v) is 5.08. The van der Waals surface area contributed by atoms with Crippen LogP contribution in [0.25, 0.3) is 5.69 Å². The quantitative estimate of drug-likeness (QED) is 0.680. The van der Waals surface area contributed by atoms with E-state index in [0.29, 0.717) is 17.2 Å². The lowest BCUT2D eigenvalue weighted by Gasteiger charge is -2.07. The third-order valence-corrected chi connectivity index (χ3v) is 3.24. The molecule has 1 aromatic heterocycles. The molecule has 0 saturated heterocycles. The van der Waals surface area contributed by atoms with Crippen molar-refractivity contribution in [2.45, 2.75) is 13.1 Å². The van der Waals surface area contributed by atoms with Crippen molar-refractivity contribution in [2.75, 3.05) is 0 Å². The standard InChI is InChI=1S/C17H13F3N2O/c1-12-3-2-4-15(9-12)23-16-10-21-22(11-16)14-7-5-13(6-8-14)17(18,19)20/h2-11H,1H3. The molecular formula is C17H13F3N2O. The van der Waals surface area contributed by atoms with Gasteiger partial charge in [0.05, 0.1) is 23.6 Å². The van der Waals surface area contributed by atoms with E-state index in [1.54, 1.807) is 6.20 Å².